The van der Waals surface area contributed by atoms with Crippen molar-refractivity contribution in [2.24, 2.45) is 11.3 Å². The van der Waals surface area contributed by atoms with Crippen LogP contribution in [-0.4, -0.2) is 258 Å². The minimum absolute atomic E-state index is 0.138. The summed E-state index contributed by atoms with van der Waals surface area (Å²) in [6, 6.07) is -8.22. The average Bonchev–Trinajstić information content (AvgIpc) is 0.969. The smallest absolute Gasteiger partial charge is 0.407 e. The predicted molar refractivity (Wildman–Crippen MR) is 442 cm³/mol. The van der Waals surface area contributed by atoms with Crippen LogP contribution >= 0.6 is 0 Å². The summed E-state index contributed by atoms with van der Waals surface area (Å²) in [6.45, 7) is 31.0. The molecule has 1 fully saturated rings. The van der Waals surface area contributed by atoms with E-state index in [0.717, 1.165) is 13.8 Å². The Balaban J connectivity index is 3.12. The molecule has 122 heavy (non-hydrogen) atoms. The van der Waals surface area contributed by atoms with Crippen molar-refractivity contribution in [3.63, 3.8) is 0 Å². The molecule has 41 heteroatoms. The highest BCUT2D eigenvalue weighted by atomic mass is 16.6. The lowest BCUT2D eigenvalue weighted by Gasteiger charge is -2.29. The van der Waals surface area contributed by atoms with Crippen LogP contribution in [0.4, 0.5) is 24.0 Å². The summed E-state index contributed by atoms with van der Waals surface area (Å²) in [5.74, 6) is -13.8. The summed E-state index contributed by atoms with van der Waals surface area (Å²) < 4.78 is 37.7. The lowest BCUT2D eigenvalue weighted by Crippen LogP contribution is -2.62. The normalized spacial score (nSPS) is 19.6. The van der Waals surface area contributed by atoms with E-state index in [1.54, 1.807) is 169 Å². The van der Waals surface area contributed by atoms with Gasteiger partial charge in [0.1, 0.15) is 89.0 Å². The van der Waals surface area contributed by atoms with Crippen LogP contribution in [0.25, 0.3) is 0 Å². The summed E-state index contributed by atoms with van der Waals surface area (Å²) in [7, 11) is 0. The van der Waals surface area contributed by atoms with Crippen LogP contribution < -0.4 is 79.8 Å². The van der Waals surface area contributed by atoms with Crippen LogP contribution in [0.15, 0.2) is 30.3 Å². The molecule has 15 amide bonds. The second-order valence-electron chi connectivity index (χ2n) is 35.5. The van der Waals surface area contributed by atoms with Crippen molar-refractivity contribution in [3.8, 4) is 0 Å². The van der Waals surface area contributed by atoms with Gasteiger partial charge in [0.05, 0.1) is 24.0 Å². The molecule has 1 unspecified atom stereocenters. The fourth-order valence-electron chi connectivity index (χ4n) is 10.9. The fourth-order valence-corrected chi connectivity index (χ4v) is 10.9. The van der Waals surface area contributed by atoms with Crippen LogP contribution in [0.5, 0.6) is 0 Å². The minimum atomic E-state index is -2.06. The zero-order valence-electron chi connectivity index (χ0n) is 74.6. The molecule has 17 N–H and O–H groups in total. The maximum absolute atomic E-state index is 15.4. The van der Waals surface area contributed by atoms with Crippen LogP contribution in [-0.2, 0) is 97.1 Å². The summed E-state index contributed by atoms with van der Waals surface area (Å²) in [4.78, 5) is 240. The third-order valence-electron chi connectivity index (χ3n) is 17.3. The molecule has 1 saturated heterocycles. The van der Waals surface area contributed by atoms with Gasteiger partial charge in [-0.3, -0.25) is 57.5 Å². The molecule has 0 aromatic heterocycles. The number of aliphatic hydroxyl groups excluding tert-OH is 2. The molecule has 1 aliphatic heterocycles. The number of rotatable bonds is 33. The monoisotopic (exact) mass is 1730 g/mol. The topological polar surface area (TPSA) is 576 Å². The first-order valence-corrected chi connectivity index (χ1v) is 40.9. The fraction of sp³-hybridized carbons (Fsp3) is 0.716. The van der Waals surface area contributed by atoms with Gasteiger partial charge < -0.3 is 123 Å². The molecule has 1 aromatic rings. The molecule has 0 saturated carbocycles. The Morgan fingerprint density at radius 2 is 0.861 bits per heavy atom. The molecule has 0 spiro atoms. The standard InChI is InChI=1S/C81H135N15O26/c1-23-81(21,22)70(110)116-42-35-57(99)117-56(34-41-87-75(115)122-80(18,19)20)67(107)96-59(47(5)98)69(109)92-52(32-39-85-73(113)120-78(12,13)14)62(102)88-49-29-36-82-68(108)58(46(4)97)95-64(104)53(33-40-86-74(114)121-79(15,16)17)90-61(101)50(30-37-83-71(111)118-76(6,7)8)91-65(105)54(43-45(2)3)93-66(106)55(44-48-27-25-24-26-28-48)94-63(103)51(89-60(49)100)31-38-84-72(112)119-77(9,10)11/h24-28,45-47,49-56,58-59,97-98H,23,29-44H2,1-22H3,(H,82,108)(H,83,111)(H,84,112)(H,85,113)(H,86,114)(H,87,115)(H,88,102)(H,89,100)(H,90,101)(H,91,105)(H,92,109)(H,93,106)(H,94,103)(H,95,104)(H,96,107)/t46-,47?,49-,50-,51-,52-,53-,54-,55+,56-,58-,59-/m0/s1. The molecule has 41 nitrogen and oxygen atoms in total. The lowest BCUT2D eigenvalue weighted by atomic mass is 9.91. The first kappa shape index (κ1) is 107. The van der Waals surface area contributed by atoms with E-state index in [4.69, 9.17) is 33.2 Å². The van der Waals surface area contributed by atoms with Crippen LogP contribution in [0.2, 0.25) is 0 Å². The van der Waals surface area contributed by atoms with Crippen LogP contribution in [0, 0.1) is 11.3 Å². The Hall–Kier alpha value is -10.9. The van der Waals surface area contributed by atoms with E-state index >= 15 is 19.2 Å². The van der Waals surface area contributed by atoms with E-state index in [1.807, 2.05) is 0 Å². The van der Waals surface area contributed by atoms with Crippen molar-refractivity contribution in [2.45, 2.75) is 317 Å². The molecule has 2 rings (SSSR count). The van der Waals surface area contributed by atoms with Crippen molar-refractivity contribution in [1.29, 1.82) is 0 Å². The zero-order valence-corrected chi connectivity index (χ0v) is 74.6. The largest absolute Gasteiger partial charge is 0.465 e. The van der Waals surface area contributed by atoms with Crippen LogP contribution in [0.1, 0.15) is 216 Å². The van der Waals surface area contributed by atoms with Gasteiger partial charge in [0.15, 0.2) is 6.10 Å². The number of aliphatic hydroxyl groups is 2. The molecular formula is C81H135N15O26. The van der Waals surface area contributed by atoms with E-state index in [0.29, 0.717) is 12.0 Å². The van der Waals surface area contributed by atoms with Gasteiger partial charge in [-0.15, -0.1) is 0 Å². The molecule has 1 heterocycles. The highest BCUT2D eigenvalue weighted by molar-refractivity contribution is 5.99. The minimum Gasteiger partial charge on any atom is -0.465 e. The van der Waals surface area contributed by atoms with Crippen molar-refractivity contribution in [2.75, 3.05) is 45.9 Å². The zero-order chi connectivity index (χ0) is 93.0. The molecule has 0 aliphatic carbocycles. The number of hydrogen-bond acceptors (Lipinski definition) is 26. The number of ether oxygens (including phenoxy) is 7. The maximum Gasteiger partial charge on any atom is 0.407 e. The molecule has 690 valence electrons. The third kappa shape index (κ3) is 44.6. The number of esters is 2. The summed E-state index contributed by atoms with van der Waals surface area (Å²) >= 11 is 0. The van der Waals surface area contributed by atoms with Gasteiger partial charge in [-0.1, -0.05) is 51.1 Å². The predicted octanol–water partition coefficient (Wildman–Crippen LogP) is 1.78. The molecule has 1 aromatic carbocycles. The quantitative estimate of drug-likeness (QED) is 0.0352. The number of hydrogen-bond donors (Lipinski definition) is 17. The van der Waals surface area contributed by atoms with E-state index in [-0.39, 0.29) is 19.4 Å². The first-order chi connectivity index (χ1) is 56.3. The molecule has 1 aliphatic rings. The van der Waals surface area contributed by atoms with Crippen molar-refractivity contribution >= 4 is 101 Å². The highest BCUT2D eigenvalue weighted by Crippen LogP contribution is 2.22. The van der Waals surface area contributed by atoms with E-state index in [9.17, 15) is 72.5 Å². The van der Waals surface area contributed by atoms with Crippen molar-refractivity contribution in [3.05, 3.63) is 35.9 Å². The number of carbonyl (C=O) groups is 17. The Morgan fingerprint density at radius 3 is 1.28 bits per heavy atom. The Morgan fingerprint density at radius 1 is 0.467 bits per heavy atom. The van der Waals surface area contributed by atoms with Gasteiger partial charge >= 0.3 is 42.4 Å². The number of amides is 15. The van der Waals surface area contributed by atoms with Gasteiger partial charge in [-0.05, 0) is 188 Å². The average molecular weight is 1740 g/mol. The van der Waals surface area contributed by atoms with E-state index in [2.05, 4.69) is 79.8 Å². The number of carbonyl (C=O) groups excluding carboxylic acids is 17. The van der Waals surface area contributed by atoms with Gasteiger partial charge in [-0.2, -0.15) is 0 Å². The van der Waals surface area contributed by atoms with E-state index < -0.39 is 298 Å². The summed E-state index contributed by atoms with van der Waals surface area (Å²) in [5.41, 5.74) is -5.54. The summed E-state index contributed by atoms with van der Waals surface area (Å²) in [5, 5.41) is 60.1. The number of nitrogens with one attached hydrogen (secondary N) is 15. The molecule has 0 radical (unpaired) electrons. The number of benzene rings is 1. The third-order valence-corrected chi connectivity index (χ3v) is 17.3. The van der Waals surface area contributed by atoms with E-state index in [1.165, 1.54) is 0 Å². The first-order valence-electron chi connectivity index (χ1n) is 40.9. The molecule has 12 atom stereocenters. The lowest BCUT2D eigenvalue weighted by molar-refractivity contribution is -0.161. The van der Waals surface area contributed by atoms with Gasteiger partial charge in [-0.25, -0.2) is 24.0 Å². The van der Waals surface area contributed by atoms with Gasteiger partial charge in [0, 0.05) is 52.1 Å². The summed E-state index contributed by atoms with van der Waals surface area (Å²) in [6.07, 6.45) is -14.2. The van der Waals surface area contributed by atoms with Gasteiger partial charge in [0.2, 0.25) is 53.2 Å². The Bertz CT molecular complexity index is 3690. The van der Waals surface area contributed by atoms with Crippen LogP contribution in [0.3, 0.4) is 0 Å². The SMILES string of the molecule is CCC(C)(C)C(=O)OCCC(=O)O[C@@H](CCNC(=O)OC(C)(C)C)C(=O)N[C@H](C(=O)N[C@@H](CCNC(=O)OC(C)(C)C)C(=O)N[C@H]1CCNC(=O)[C@H]([C@H](C)O)NC(=O)[C@H](CCNC(=O)OC(C)(C)C)NC(=O)[C@H](CCNC(=O)OC(C)(C)C)NC(=O)[C@H](CC(C)C)NC(=O)[C@@H](Cc2ccccc2)NC(=O)[C@H](CCNC(=O)OC(C)(C)C)NC1=O)C(C)O. The second kappa shape index (κ2) is 49.9. The maximum atomic E-state index is 15.4. The Kier molecular flexibility index (Phi) is 43.8. The molecular weight excluding hydrogens is 1600 g/mol. The van der Waals surface area contributed by atoms with Gasteiger partial charge in [0.25, 0.3) is 5.91 Å². The van der Waals surface area contributed by atoms with Crippen molar-refractivity contribution < 1.29 is 125 Å². The second-order valence-corrected chi connectivity index (χ2v) is 35.5. The highest BCUT2D eigenvalue weighted by Gasteiger charge is 2.40. The number of alkyl carbamates (subject to hydrolysis) is 5. The molecule has 0 bridgehead atoms. The van der Waals surface area contributed by atoms with Crippen molar-refractivity contribution in [1.82, 2.24) is 79.8 Å². The Labute approximate surface area is 713 Å².